The maximum atomic E-state index is 11.6. The summed E-state index contributed by atoms with van der Waals surface area (Å²) in [4.78, 5) is 0.319. The van der Waals surface area contributed by atoms with Crippen molar-refractivity contribution in [3.8, 4) is 0 Å². The van der Waals surface area contributed by atoms with Gasteiger partial charge in [-0.1, -0.05) is 6.07 Å². The SMILES string of the molecule is Cc1ccc(S(C)(=O)=O)cc1NC(C)c1ccoc1. The summed E-state index contributed by atoms with van der Waals surface area (Å²) in [7, 11) is -3.19. The lowest BCUT2D eigenvalue weighted by Gasteiger charge is -2.16. The zero-order chi connectivity index (χ0) is 14.0. The van der Waals surface area contributed by atoms with Crippen molar-refractivity contribution in [1.82, 2.24) is 0 Å². The Labute approximate surface area is 113 Å². The van der Waals surface area contributed by atoms with Gasteiger partial charge in [0.1, 0.15) is 0 Å². The molecule has 0 saturated heterocycles. The molecule has 102 valence electrons. The van der Waals surface area contributed by atoms with Crippen molar-refractivity contribution in [3.05, 3.63) is 47.9 Å². The van der Waals surface area contributed by atoms with E-state index in [0.717, 1.165) is 16.8 Å². The minimum atomic E-state index is -3.19. The van der Waals surface area contributed by atoms with Crippen molar-refractivity contribution in [2.75, 3.05) is 11.6 Å². The minimum Gasteiger partial charge on any atom is -0.472 e. The molecule has 1 atom stereocenters. The van der Waals surface area contributed by atoms with E-state index in [1.165, 1.54) is 6.26 Å². The highest BCUT2D eigenvalue weighted by Crippen LogP contribution is 2.25. The van der Waals surface area contributed by atoms with E-state index in [4.69, 9.17) is 4.42 Å². The van der Waals surface area contributed by atoms with Crippen LogP contribution in [0.15, 0.2) is 46.1 Å². The maximum Gasteiger partial charge on any atom is 0.175 e. The molecule has 0 aliphatic heterocycles. The molecule has 19 heavy (non-hydrogen) atoms. The fourth-order valence-corrected chi connectivity index (χ4v) is 2.47. The van der Waals surface area contributed by atoms with Crippen LogP contribution in [0.5, 0.6) is 0 Å². The fraction of sp³-hybridized carbons (Fsp3) is 0.286. The molecule has 1 N–H and O–H groups in total. The van der Waals surface area contributed by atoms with E-state index < -0.39 is 9.84 Å². The summed E-state index contributed by atoms with van der Waals surface area (Å²) in [6.07, 6.45) is 4.50. The standard InChI is InChI=1S/C14H17NO3S/c1-10-4-5-13(19(3,16)17)8-14(10)15-11(2)12-6-7-18-9-12/h4-9,11,15H,1-3H3. The Balaban J connectivity index is 2.30. The van der Waals surface area contributed by atoms with E-state index in [0.29, 0.717) is 4.90 Å². The molecule has 1 aromatic heterocycles. The predicted octanol–water partition coefficient (Wildman–Crippen LogP) is 3.16. The fourth-order valence-electron chi connectivity index (χ4n) is 1.83. The van der Waals surface area contributed by atoms with Gasteiger partial charge in [-0.2, -0.15) is 0 Å². The summed E-state index contributed by atoms with van der Waals surface area (Å²) in [6, 6.07) is 7.03. The molecule has 1 aromatic carbocycles. The number of nitrogens with one attached hydrogen (secondary N) is 1. The molecule has 0 bridgehead atoms. The molecule has 0 amide bonds. The summed E-state index contributed by atoms with van der Waals surface area (Å²) in [6.45, 7) is 3.94. The van der Waals surface area contributed by atoms with Gasteiger partial charge in [0.2, 0.25) is 0 Å². The largest absolute Gasteiger partial charge is 0.472 e. The van der Waals surface area contributed by atoms with E-state index in [9.17, 15) is 8.42 Å². The molecule has 2 aromatic rings. The van der Waals surface area contributed by atoms with Gasteiger partial charge in [0.25, 0.3) is 0 Å². The molecule has 0 aliphatic rings. The van der Waals surface area contributed by atoms with Crippen LogP contribution in [0.3, 0.4) is 0 Å². The van der Waals surface area contributed by atoms with Crippen molar-refractivity contribution in [2.24, 2.45) is 0 Å². The first-order valence-electron chi connectivity index (χ1n) is 5.97. The van der Waals surface area contributed by atoms with Gasteiger partial charge >= 0.3 is 0 Å². The van der Waals surface area contributed by atoms with Gasteiger partial charge in [-0.15, -0.1) is 0 Å². The first-order valence-corrected chi connectivity index (χ1v) is 7.86. The molecule has 0 aliphatic carbocycles. The van der Waals surface area contributed by atoms with Crippen LogP contribution in [0, 0.1) is 6.92 Å². The van der Waals surface area contributed by atoms with Crippen molar-refractivity contribution >= 4 is 15.5 Å². The summed E-state index contributed by atoms with van der Waals surface area (Å²) >= 11 is 0. The lowest BCUT2D eigenvalue weighted by Crippen LogP contribution is -2.08. The Morgan fingerprint density at radius 2 is 2.00 bits per heavy atom. The molecule has 4 nitrogen and oxygen atoms in total. The van der Waals surface area contributed by atoms with E-state index in [2.05, 4.69) is 5.32 Å². The van der Waals surface area contributed by atoms with Gasteiger partial charge in [0.05, 0.1) is 23.5 Å². The highest BCUT2D eigenvalue weighted by atomic mass is 32.2. The van der Waals surface area contributed by atoms with E-state index in [1.807, 2.05) is 19.9 Å². The van der Waals surface area contributed by atoms with Crippen LogP contribution in [0.25, 0.3) is 0 Å². The lowest BCUT2D eigenvalue weighted by molar-refractivity contribution is 0.562. The minimum absolute atomic E-state index is 0.0484. The molecule has 0 saturated carbocycles. The molecular weight excluding hydrogens is 262 g/mol. The third kappa shape index (κ3) is 3.17. The summed E-state index contributed by atoms with van der Waals surface area (Å²) in [5.74, 6) is 0. The van der Waals surface area contributed by atoms with Crippen molar-refractivity contribution in [2.45, 2.75) is 24.8 Å². The predicted molar refractivity (Wildman–Crippen MR) is 75.0 cm³/mol. The molecule has 1 heterocycles. The number of benzene rings is 1. The van der Waals surface area contributed by atoms with Crippen molar-refractivity contribution in [3.63, 3.8) is 0 Å². The molecule has 0 fully saturated rings. The zero-order valence-electron chi connectivity index (χ0n) is 11.2. The van der Waals surface area contributed by atoms with Crippen LogP contribution in [0.1, 0.15) is 24.1 Å². The number of sulfone groups is 1. The van der Waals surface area contributed by atoms with Gasteiger partial charge in [0.15, 0.2) is 9.84 Å². The van der Waals surface area contributed by atoms with Gasteiger partial charge in [0, 0.05) is 17.5 Å². The zero-order valence-corrected chi connectivity index (χ0v) is 12.0. The third-order valence-corrected chi connectivity index (χ3v) is 4.16. The van der Waals surface area contributed by atoms with Crippen LogP contribution in [0.2, 0.25) is 0 Å². The number of hydrogen-bond acceptors (Lipinski definition) is 4. The highest BCUT2D eigenvalue weighted by molar-refractivity contribution is 7.90. The Kier molecular flexibility index (Phi) is 3.66. The second kappa shape index (κ2) is 5.09. The first kappa shape index (κ1) is 13.7. The average Bonchev–Trinajstić information content (AvgIpc) is 2.84. The summed E-state index contributed by atoms with van der Waals surface area (Å²) in [5.41, 5.74) is 2.84. The number of aryl methyl sites for hydroxylation is 1. The van der Waals surface area contributed by atoms with Crippen LogP contribution >= 0.6 is 0 Å². The Morgan fingerprint density at radius 3 is 2.58 bits per heavy atom. The van der Waals surface area contributed by atoms with Crippen molar-refractivity contribution < 1.29 is 12.8 Å². The highest BCUT2D eigenvalue weighted by Gasteiger charge is 2.12. The van der Waals surface area contributed by atoms with E-state index in [-0.39, 0.29) is 6.04 Å². The lowest BCUT2D eigenvalue weighted by atomic mass is 10.1. The van der Waals surface area contributed by atoms with Crippen LogP contribution in [-0.2, 0) is 9.84 Å². The molecule has 0 spiro atoms. The average molecular weight is 279 g/mol. The van der Waals surface area contributed by atoms with E-state index >= 15 is 0 Å². The van der Waals surface area contributed by atoms with Crippen LogP contribution < -0.4 is 5.32 Å². The van der Waals surface area contributed by atoms with Crippen LogP contribution in [0.4, 0.5) is 5.69 Å². The second-order valence-corrected chi connectivity index (χ2v) is 6.69. The molecule has 2 rings (SSSR count). The third-order valence-electron chi connectivity index (χ3n) is 3.05. The number of rotatable bonds is 4. The smallest absolute Gasteiger partial charge is 0.175 e. The Morgan fingerprint density at radius 1 is 1.26 bits per heavy atom. The molecule has 0 radical (unpaired) electrons. The molecule has 5 heteroatoms. The summed E-state index contributed by atoms with van der Waals surface area (Å²) < 4.78 is 28.2. The Bertz CT molecular complexity index is 660. The number of furan rings is 1. The van der Waals surface area contributed by atoms with Gasteiger partial charge in [-0.05, 0) is 37.6 Å². The maximum absolute atomic E-state index is 11.6. The molecule has 1 unspecified atom stereocenters. The second-order valence-electron chi connectivity index (χ2n) is 4.67. The van der Waals surface area contributed by atoms with Gasteiger partial charge in [-0.25, -0.2) is 8.42 Å². The van der Waals surface area contributed by atoms with E-state index in [1.54, 1.807) is 30.7 Å². The summed E-state index contributed by atoms with van der Waals surface area (Å²) in [5, 5.41) is 3.30. The monoisotopic (exact) mass is 279 g/mol. The van der Waals surface area contributed by atoms with Gasteiger partial charge < -0.3 is 9.73 Å². The topological polar surface area (TPSA) is 59.3 Å². The number of hydrogen-bond donors (Lipinski definition) is 1. The normalized spacial score (nSPS) is 13.2. The first-order chi connectivity index (χ1) is 8.88. The van der Waals surface area contributed by atoms with Gasteiger partial charge in [-0.3, -0.25) is 0 Å². The number of anilines is 1. The van der Waals surface area contributed by atoms with Crippen LogP contribution in [-0.4, -0.2) is 14.7 Å². The van der Waals surface area contributed by atoms with Crippen molar-refractivity contribution in [1.29, 1.82) is 0 Å². The molecular formula is C14H17NO3S. The quantitative estimate of drug-likeness (QED) is 0.934. The Hall–Kier alpha value is -1.75.